The molecule has 0 aromatic carbocycles. The van der Waals surface area contributed by atoms with Crippen molar-refractivity contribution in [2.45, 2.75) is 61.6 Å². The second-order valence-electron chi connectivity index (χ2n) is 10.3. The number of ether oxygens (including phenoxy) is 5. The van der Waals surface area contributed by atoms with Crippen molar-refractivity contribution in [1.82, 2.24) is 14.9 Å². The van der Waals surface area contributed by atoms with E-state index in [-0.39, 0.29) is 26.2 Å². The minimum absolute atomic E-state index is 0.123. The van der Waals surface area contributed by atoms with Gasteiger partial charge in [0.05, 0.1) is 46.2 Å². The molecule has 3 rings (SSSR count). The summed E-state index contributed by atoms with van der Waals surface area (Å²) in [5.74, 6) is -0.809. The molecular formula is C23H39N3O20P2. The van der Waals surface area contributed by atoms with E-state index in [0.717, 1.165) is 16.8 Å². The van der Waals surface area contributed by atoms with Gasteiger partial charge in [0.2, 0.25) is 5.91 Å². The first-order valence-electron chi connectivity index (χ1n) is 14.2. The van der Waals surface area contributed by atoms with E-state index in [0.29, 0.717) is 13.2 Å². The van der Waals surface area contributed by atoms with Crippen molar-refractivity contribution < 1.29 is 86.3 Å². The predicted octanol–water partition coefficient (Wildman–Crippen LogP) is -4.60. The fraction of sp³-hybridized carbons (Fsp3) is 0.783. The Labute approximate surface area is 271 Å². The van der Waals surface area contributed by atoms with E-state index in [1.807, 2.05) is 4.98 Å². The monoisotopic (exact) mass is 739 g/mol. The molecule has 1 aromatic heterocycles. The lowest BCUT2D eigenvalue weighted by molar-refractivity contribution is -0.248. The average Bonchev–Trinajstić information content (AvgIpc) is 3.29. The summed E-state index contributed by atoms with van der Waals surface area (Å²) >= 11 is 0. The zero-order valence-corrected chi connectivity index (χ0v) is 27.1. The Balaban J connectivity index is 1.58. The Morgan fingerprint density at radius 1 is 0.938 bits per heavy atom. The van der Waals surface area contributed by atoms with Gasteiger partial charge in [-0.15, -0.1) is 0 Å². The Morgan fingerprint density at radius 2 is 1.58 bits per heavy atom. The molecule has 1 amide bonds. The molecule has 0 bridgehead atoms. The van der Waals surface area contributed by atoms with Crippen molar-refractivity contribution in [3.8, 4) is 0 Å². The minimum Gasteiger partial charge on any atom is -0.394 e. The molecule has 23 nitrogen and oxygen atoms in total. The van der Waals surface area contributed by atoms with Crippen molar-refractivity contribution in [2.75, 3.05) is 53.4 Å². The van der Waals surface area contributed by atoms with Gasteiger partial charge in [-0.25, -0.2) is 13.9 Å². The number of methoxy groups -OCH3 is 1. The van der Waals surface area contributed by atoms with Gasteiger partial charge >= 0.3 is 21.3 Å². The van der Waals surface area contributed by atoms with Crippen molar-refractivity contribution in [2.24, 2.45) is 0 Å². The van der Waals surface area contributed by atoms with E-state index < -0.39 is 101 Å². The predicted molar refractivity (Wildman–Crippen MR) is 153 cm³/mol. The Hall–Kier alpha value is -1.99. The molecular weight excluding hydrogens is 700 g/mol. The van der Waals surface area contributed by atoms with Crippen molar-refractivity contribution >= 4 is 21.6 Å². The number of aliphatic hydroxyl groups excluding tert-OH is 5. The zero-order chi connectivity index (χ0) is 35.6. The number of hydrogen-bond acceptors (Lipinski definition) is 18. The molecule has 0 spiro atoms. The van der Waals surface area contributed by atoms with Crippen molar-refractivity contribution in [3.05, 3.63) is 33.1 Å². The first-order valence-corrected chi connectivity index (χ1v) is 17.2. The molecule has 2 aliphatic rings. The van der Waals surface area contributed by atoms with Crippen LogP contribution in [0.1, 0.15) is 12.6 Å². The molecule has 11 atom stereocenters. The highest BCUT2D eigenvalue weighted by Crippen LogP contribution is 2.61. The second-order valence-corrected chi connectivity index (χ2v) is 13.2. The van der Waals surface area contributed by atoms with Crippen LogP contribution in [0.25, 0.3) is 0 Å². The van der Waals surface area contributed by atoms with Gasteiger partial charge in [0.1, 0.15) is 42.7 Å². The summed E-state index contributed by atoms with van der Waals surface area (Å²) in [5.41, 5.74) is -1.77. The van der Waals surface area contributed by atoms with Crippen LogP contribution < -0.4 is 16.6 Å². The third kappa shape index (κ3) is 11.5. The number of phosphoric acid groups is 2. The molecule has 3 heterocycles. The molecule has 1 aromatic rings. The van der Waals surface area contributed by atoms with Gasteiger partial charge < -0.3 is 64.3 Å². The molecule has 8 unspecified atom stereocenters. The number of aliphatic hydroxyl groups is 5. The highest BCUT2D eigenvalue weighted by Gasteiger charge is 2.50. The molecule has 276 valence electrons. The van der Waals surface area contributed by atoms with Gasteiger partial charge in [0.25, 0.3) is 5.56 Å². The molecule has 2 fully saturated rings. The first kappa shape index (κ1) is 40.4. The summed E-state index contributed by atoms with van der Waals surface area (Å²) in [6.07, 6.45) is -13.7. The van der Waals surface area contributed by atoms with Crippen LogP contribution in [0.3, 0.4) is 0 Å². The third-order valence-corrected chi connectivity index (χ3v) is 9.39. The molecule has 25 heteroatoms. The van der Waals surface area contributed by atoms with Gasteiger partial charge in [0, 0.05) is 25.8 Å². The van der Waals surface area contributed by atoms with E-state index >= 15 is 0 Å². The Morgan fingerprint density at radius 3 is 2.23 bits per heavy atom. The Bertz CT molecular complexity index is 1390. The lowest BCUT2D eigenvalue weighted by Crippen LogP contribution is -2.64. The van der Waals surface area contributed by atoms with E-state index in [9.17, 15) is 58.8 Å². The molecule has 0 aliphatic carbocycles. The van der Waals surface area contributed by atoms with E-state index in [4.69, 9.17) is 28.2 Å². The number of nitrogens with zero attached hydrogens (tertiary/aromatic N) is 1. The summed E-state index contributed by atoms with van der Waals surface area (Å²) in [5, 5.41) is 53.1. The fourth-order valence-corrected chi connectivity index (χ4v) is 6.57. The van der Waals surface area contributed by atoms with Gasteiger partial charge in [-0.05, 0) is 0 Å². The van der Waals surface area contributed by atoms with Crippen LogP contribution in [0.15, 0.2) is 21.9 Å². The molecule has 48 heavy (non-hydrogen) atoms. The maximum absolute atomic E-state index is 12.7. The standard InChI is InChI=1S/C23H39N3O20P2/c1-39-6-7-41-9-8-40-5-3-15(29)24-16-19(32)17(30)12(10-27)44-22(16)45-48(37,38)46-47(35,36)42-11-13-18(31)20(33)21(43-13)26-4-2-14(28)25-23(26)34/h2,4,12-13,16-22,27,30-33H,3,5-11H2,1H3,(H,24,29)(H,35,36)(H,37,38)(H,25,28,34)/t12?,13?,16-,17+,18?,19?,20?,21?,22+/m1/s1. The largest absolute Gasteiger partial charge is 0.483 e. The SMILES string of the molecule is COCCOCCOCCC(=O)N[C@@H]1C(O)[C@@H](O)C(CO)O[C@H]1OP(=O)(O)OP(=O)(O)OCC1OC(n2ccc(=O)[nH]c2=O)C(O)C1O. The number of amides is 1. The van der Waals surface area contributed by atoms with Crippen LogP contribution in [0.5, 0.6) is 0 Å². The van der Waals surface area contributed by atoms with Gasteiger partial charge in [-0.1, -0.05) is 0 Å². The number of aromatic nitrogens is 2. The average molecular weight is 740 g/mol. The number of aromatic amines is 1. The fourth-order valence-electron chi connectivity index (χ4n) is 4.41. The number of phosphoric ester groups is 2. The van der Waals surface area contributed by atoms with Crippen LogP contribution in [0.4, 0.5) is 0 Å². The maximum Gasteiger partial charge on any atom is 0.483 e. The highest BCUT2D eigenvalue weighted by atomic mass is 31.3. The summed E-state index contributed by atoms with van der Waals surface area (Å²) in [4.78, 5) is 58.1. The van der Waals surface area contributed by atoms with Crippen LogP contribution >= 0.6 is 15.6 Å². The number of rotatable bonds is 19. The molecule has 0 radical (unpaired) electrons. The smallest absolute Gasteiger partial charge is 0.394 e. The normalized spacial score (nSPS) is 31.6. The van der Waals surface area contributed by atoms with Crippen LogP contribution in [0.2, 0.25) is 0 Å². The zero-order valence-electron chi connectivity index (χ0n) is 25.3. The second kappa shape index (κ2) is 18.3. The summed E-state index contributed by atoms with van der Waals surface area (Å²) in [6, 6.07) is -0.859. The molecule has 0 saturated carbocycles. The summed E-state index contributed by atoms with van der Waals surface area (Å²) in [7, 11) is -9.79. The molecule has 2 aliphatic heterocycles. The van der Waals surface area contributed by atoms with E-state index in [1.165, 1.54) is 7.11 Å². The van der Waals surface area contributed by atoms with Gasteiger partial charge in [0.15, 0.2) is 12.5 Å². The van der Waals surface area contributed by atoms with Gasteiger partial charge in [-0.2, -0.15) is 4.31 Å². The molecule has 9 N–H and O–H groups in total. The van der Waals surface area contributed by atoms with Crippen LogP contribution in [-0.2, 0) is 51.0 Å². The number of nitrogens with one attached hydrogen (secondary N) is 2. The van der Waals surface area contributed by atoms with Crippen LogP contribution in [0, 0.1) is 0 Å². The van der Waals surface area contributed by atoms with E-state index in [2.05, 4.69) is 14.2 Å². The topological polar surface area (TPSA) is 334 Å². The third-order valence-electron chi connectivity index (χ3n) is 6.79. The first-order chi connectivity index (χ1) is 22.6. The minimum atomic E-state index is -5.72. The van der Waals surface area contributed by atoms with Crippen LogP contribution in [-0.4, -0.2) is 153 Å². The van der Waals surface area contributed by atoms with Crippen molar-refractivity contribution in [1.29, 1.82) is 0 Å². The van der Waals surface area contributed by atoms with E-state index in [1.54, 1.807) is 0 Å². The van der Waals surface area contributed by atoms with Gasteiger partial charge in [-0.3, -0.25) is 28.2 Å². The lowest BCUT2D eigenvalue weighted by atomic mass is 9.97. The highest BCUT2D eigenvalue weighted by molar-refractivity contribution is 7.61. The summed E-state index contributed by atoms with van der Waals surface area (Å²) in [6.45, 7) is -1.06. The maximum atomic E-state index is 12.7. The summed E-state index contributed by atoms with van der Waals surface area (Å²) < 4.78 is 65.4. The quantitative estimate of drug-likeness (QED) is 0.0476. The lowest BCUT2D eigenvalue weighted by Gasteiger charge is -2.42. The number of carbonyl (C=O) groups is 1. The number of hydrogen-bond donors (Lipinski definition) is 9. The number of H-pyrrole nitrogens is 1. The number of carbonyl (C=O) groups excluding carboxylic acids is 1. The molecule has 2 saturated heterocycles. The Kier molecular flexibility index (Phi) is 15.4. The van der Waals surface area contributed by atoms with Crippen molar-refractivity contribution in [3.63, 3.8) is 0 Å².